The van der Waals surface area contributed by atoms with Crippen molar-refractivity contribution in [2.24, 2.45) is 5.92 Å². The van der Waals surface area contributed by atoms with Gasteiger partial charge < -0.3 is 10.2 Å². The zero-order chi connectivity index (χ0) is 14.7. The van der Waals surface area contributed by atoms with Crippen LogP contribution in [0, 0.1) is 5.92 Å². The van der Waals surface area contributed by atoms with E-state index >= 15 is 0 Å². The van der Waals surface area contributed by atoms with Gasteiger partial charge in [-0.1, -0.05) is 19.1 Å². The number of hydrogen-bond acceptors (Lipinski definition) is 2. The maximum absolute atomic E-state index is 12.3. The molecule has 21 heavy (non-hydrogen) atoms. The quantitative estimate of drug-likeness (QED) is 0.888. The third-order valence-corrected chi connectivity index (χ3v) is 3.87. The number of carbonyl (C=O) groups excluding carboxylic acids is 1. The molecule has 110 valence electrons. The van der Waals surface area contributed by atoms with E-state index in [2.05, 4.69) is 22.4 Å². The fourth-order valence-electron chi connectivity index (χ4n) is 2.76. The van der Waals surface area contributed by atoms with Gasteiger partial charge in [0.1, 0.15) is 0 Å². The second-order valence-electron chi connectivity index (χ2n) is 5.67. The van der Waals surface area contributed by atoms with Gasteiger partial charge in [0, 0.05) is 30.5 Å². The molecule has 1 atom stereocenters. The first-order valence-electron chi connectivity index (χ1n) is 7.38. The van der Waals surface area contributed by atoms with E-state index < -0.39 is 0 Å². The monoisotopic (exact) mass is 284 g/mol. The normalized spacial score (nSPS) is 18.5. The van der Waals surface area contributed by atoms with Crippen LogP contribution in [0.25, 0.3) is 11.3 Å². The molecule has 1 aromatic heterocycles. The summed E-state index contributed by atoms with van der Waals surface area (Å²) >= 11 is 0. The Kier molecular flexibility index (Phi) is 3.90. The first-order chi connectivity index (χ1) is 10.2. The summed E-state index contributed by atoms with van der Waals surface area (Å²) in [6, 6.07) is 9.69. The van der Waals surface area contributed by atoms with Gasteiger partial charge >= 0.3 is 6.03 Å². The van der Waals surface area contributed by atoms with Gasteiger partial charge in [-0.05, 0) is 37.0 Å². The second kappa shape index (κ2) is 5.99. The van der Waals surface area contributed by atoms with Gasteiger partial charge in [0.15, 0.2) is 0 Å². The molecule has 2 aromatic rings. The number of rotatable bonds is 2. The molecule has 1 aromatic carbocycles. The molecule has 3 rings (SSSR count). The number of likely N-dealkylation sites (tertiary alicyclic amines) is 1. The van der Waals surface area contributed by atoms with Crippen molar-refractivity contribution in [2.45, 2.75) is 19.8 Å². The van der Waals surface area contributed by atoms with Crippen molar-refractivity contribution >= 4 is 11.7 Å². The number of amides is 2. The molecule has 1 saturated heterocycles. The minimum Gasteiger partial charge on any atom is -0.324 e. The van der Waals surface area contributed by atoms with Crippen molar-refractivity contribution in [3.8, 4) is 11.3 Å². The number of anilines is 1. The lowest BCUT2D eigenvalue weighted by Crippen LogP contribution is -2.41. The number of hydrogen-bond donors (Lipinski definition) is 2. The highest BCUT2D eigenvalue weighted by Crippen LogP contribution is 2.21. The van der Waals surface area contributed by atoms with Gasteiger partial charge in [0.25, 0.3) is 0 Å². The minimum atomic E-state index is -0.0108. The van der Waals surface area contributed by atoms with Crippen LogP contribution >= 0.6 is 0 Å². The van der Waals surface area contributed by atoms with E-state index in [0.29, 0.717) is 5.92 Å². The molecule has 2 N–H and O–H groups in total. The van der Waals surface area contributed by atoms with Crippen LogP contribution in [0.5, 0.6) is 0 Å². The summed E-state index contributed by atoms with van der Waals surface area (Å²) in [5, 5.41) is 9.87. The summed E-state index contributed by atoms with van der Waals surface area (Å²) in [7, 11) is 0. The molecule has 2 amide bonds. The number of nitrogens with one attached hydrogen (secondary N) is 2. The van der Waals surface area contributed by atoms with E-state index in [1.807, 2.05) is 35.2 Å². The number of aromatic nitrogens is 2. The highest BCUT2D eigenvalue weighted by Gasteiger charge is 2.20. The predicted molar refractivity (Wildman–Crippen MR) is 83.0 cm³/mol. The smallest absolute Gasteiger partial charge is 0.321 e. The molecule has 2 heterocycles. The molecule has 0 spiro atoms. The van der Waals surface area contributed by atoms with Crippen LogP contribution in [-0.4, -0.2) is 34.2 Å². The van der Waals surface area contributed by atoms with Crippen LogP contribution in [0.2, 0.25) is 0 Å². The summed E-state index contributed by atoms with van der Waals surface area (Å²) in [6.07, 6.45) is 4.01. The molecule has 0 saturated carbocycles. The van der Waals surface area contributed by atoms with Crippen LogP contribution in [0.1, 0.15) is 19.8 Å². The second-order valence-corrected chi connectivity index (χ2v) is 5.67. The van der Waals surface area contributed by atoms with Gasteiger partial charge in [0.2, 0.25) is 0 Å². The van der Waals surface area contributed by atoms with E-state index in [0.717, 1.165) is 36.5 Å². The fourth-order valence-corrected chi connectivity index (χ4v) is 2.76. The average molecular weight is 284 g/mol. The number of nitrogens with zero attached hydrogens (tertiary/aromatic N) is 2. The van der Waals surface area contributed by atoms with Crippen molar-refractivity contribution in [1.29, 1.82) is 0 Å². The number of aromatic amines is 1. The lowest BCUT2D eigenvalue weighted by Gasteiger charge is -2.30. The number of urea groups is 1. The van der Waals surface area contributed by atoms with Crippen LogP contribution in [-0.2, 0) is 0 Å². The van der Waals surface area contributed by atoms with E-state index in [4.69, 9.17) is 0 Å². The largest absolute Gasteiger partial charge is 0.324 e. The maximum atomic E-state index is 12.3. The Balaban J connectivity index is 1.70. The van der Waals surface area contributed by atoms with Gasteiger partial charge in [-0.2, -0.15) is 5.10 Å². The van der Waals surface area contributed by atoms with Crippen molar-refractivity contribution < 1.29 is 4.79 Å². The molecule has 1 aliphatic rings. The molecule has 0 bridgehead atoms. The zero-order valence-corrected chi connectivity index (χ0v) is 12.2. The molecule has 1 aliphatic heterocycles. The number of H-pyrrole nitrogens is 1. The Bertz CT molecular complexity index is 608. The molecule has 5 heteroatoms. The lowest BCUT2D eigenvalue weighted by atomic mass is 10.0. The van der Waals surface area contributed by atoms with Gasteiger partial charge in [-0.3, -0.25) is 5.10 Å². The summed E-state index contributed by atoms with van der Waals surface area (Å²) in [5.74, 6) is 0.584. The first-order valence-corrected chi connectivity index (χ1v) is 7.38. The van der Waals surface area contributed by atoms with E-state index in [1.54, 1.807) is 6.20 Å². The Morgan fingerprint density at radius 2 is 2.33 bits per heavy atom. The Morgan fingerprint density at radius 1 is 1.43 bits per heavy atom. The number of benzene rings is 1. The lowest BCUT2D eigenvalue weighted by molar-refractivity contribution is 0.182. The standard InChI is InChI=1S/C16H20N4O/c1-12-4-3-9-20(11-12)16(21)18-14-6-2-5-13(10-14)15-7-8-17-19-15/h2,5-8,10,12H,3-4,9,11H2,1H3,(H,17,19)(H,18,21). The molecular weight excluding hydrogens is 264 g/mol. The van der Waals surface area contributed by atoms with Crippen molar-refractivity contribution in [3.63, 3.8) is 0 Å². The van der Waals surface area contributed by atoms with Crippen molar-refractivity contribution in [1.82, 2.24) is 15.1 Å². The predicted octanol–water partition coefficient (Wildman–Crippen LogP) is 3.34. The molecule has 5 nitrogen and oxygen atoms in total. The Labute approximate surface area is 124 Å². The fraction of sp³-hybridized carbons (Fsp3) is 0.375. The number of carbonyl (C=O) groups is 1. The molecule has 0 aliphatic carbocycles. The van der Waals surface area contributed by atoms with E-state index in [9.17, 15) is 4.79 Å². The Morgan fingerprint density at radius 3 is 3.10 bits per heavy atom. The molecule has 1 fully saturated rings. The summed E-state index contributed by atoms with van der Waals surface area (Å²) < 4.78 is 0. The SMILES string of the molecule is CC1CCCN(C(=O)Nc2cccc(-c3ccn[nH]3)c2)C1. The van der Waals surface area contributed by atoms with E-state index in [1.165, 1.54) is 6.42 Å². The Hall–Kier alpha value is -2.30. The molecule has 0 radical (unpaired) electrons. The topological polar surface area (TPSA) is 61.0 Å². The van der Waals surface area contributed by atoms with Crippen LogP contribution < -0.4 is 5.32 Å². The van der Waals surface area contributed by atoms with Crippen molar-refractivity contribution in [3.05, 3.63) is 36.5 Å². The maximum Gasteiger partial charge on any atom is 0.321 e. The van der Waals surface area contributed by atoms with Gasteiger partial charge in [-0.25, -0.2) is 4.79 Å². The number of piperidine rings is 1. The summed E-state index contributed by atoms with van der Waals surface area (Å²) in [5.41, 5.74) is 2.76. The van der Waals surface area contributed by atoms with E-state index in [-0.39, 0.29) is 6.03 Å². The van der Waals surface area contributed by atoms with Gasteiger partial charge in [0.05, 0.1) is 5.69 Å². The van der Waals surface area contributed by atoms with Gasteiger partial charge in [-0.15, -0.1) is 0 Å². The highest BCUT2D eigenvalue weighted by atomic mass is 16.2. The summed E-state index contributed by atoms with van der Waals surface area (Å²) in [6.45, 7) is 3.88. The molecule has 1 unspecified atom stereocenters. The average Bonchev–Trinajstić information content (AvgIpc) is 3.02. The van der Waals surface area contributed by atoms with Crippen molar-refractivity contribution in [2.75, 3.05) is 18.4 Å². The third kappa shape index (κ3) is 3.24. The van der Waals surface area contributed by atoms with Crippen LogP contribution in [0.15, 0.2) is 36.5 Å². The minimum absolute atomic E-state index is 0.0108. The summed E-state index contributed by atoms with van der Waals surface area (Å²) in [4.78, 5) is 14.2. The zero-order valence-electron chi connectivity index (χ0n) is 12.2. The van der Waals surface area contributed by atoms with Crippen LogP contribution in [0.4, 0.5) is 10.5 Å². The third-order valence-electron chi connectivity index (χ3n) is 3.87. The van der Waals surface area contributed by atoms with Crippen LogP contribution in [0.3, 0.4) is 0 Å². The first kappa shape index (κ1) is 13.7. The molecular formula is C16H20N4O. The highest BCUT2D eigenvalue weighted by molar-refractivity contribution is 5.90.